The van der Waals surface area contributed by atoms with Crippen LogP contribution >= 0.6 is 11.6 Å². The number of halogens is 1. The standard InChI is InChI=1S/C24H22ClNO3/c1-17-4-3-5-21(14-17)26-24(27)13-9-18-8-12-22(23(15-18)28-2)29-16-19-6-10-20(25)11-7-19/h3-15H,16H2,1-2H3,(H,26,27). The quantitative estimate of drug-likeness (QED) is 0.497. The Balaban J connectivity index is 1.63. The van der Waals surface area contributed by atoms with Crippen molar-refractivity contribution in [3.63, 3.8) is 0 Å². The van der Waals surface area contributed by atoms with E-state index in [4.69, 9.17) is 21.1 Å². The molecule has 0 aliphatic rings. The number of benzene rings is 3. The Hall–Kier alpha value is -3.24. The van der Waals surface area contributed by atoms with Crippen molar-refractivity contribution in [1.82, 2.24) is 0 Å². The first kappa shape index (κ1) is 20.5. The SMILES string of the molecule is COc1cc(C=CC(=O)Nc2cccc(C)c2)ccc1OCc1ccc(Cl)cc1. The number of aryl methyl sites for hydroxylation is 1. The van der Waals surface area contributed by atoms with Gasteiger partial charge in [0.2, 0.25) is 5.91 Å². The van der Waals surface area contributed by atoms with Gasteiger partial charge in [0.25, 0.3) is 0 Å². The van der Waals surface area contributed by atoms with Crippen molar-refractivity contribution < 1.29 is 14.3 Å². The van der Waals surface area contributed by atoms with E-state index in [0.29, 0.717) is 23.1 Å². The predicted octanol–water partition coefficient (Wildman–Crippen LogP) is 5.89. The summed E-state index contributed by atoms with van der Waals surface area (Å²) in [4.78, 5) is 12.1. The van der Waals surface area contributed by atoms with Gasteiger partial charge >= 0.3 is 0 Å². The average molecular weight is 408 g/mol. The number of anilines is 1. The maximum absolute atomic E-state index is 12.1. The van der Waals surface area contributed by atoms with Gasteiger partial charge < -0.3 is 14.8 Å². The van der Waals surface area contributed by atoms with Gasteiger partial charge in [-0.15, -0.1) is 0 Å². The highest BCUT2D eigenvalue weighted by Crippen LogP contribution is 2.29. The van der Waals surface area contributed by atoms with Crippen LogP contribution in [0.1, 0.15) is 16.7 Å². The highest BCUT2D eigenvalue weighted by molar-refractivity contribution is 6.30. The number of rotatable bonds is 7. The average Bonchev–Trinajstić information content (AvgIpc) is 2.72. The molecule has 0 saturated carbocycles. The Morgan fingerprint density at radius 1 is 1.03 bits per heavy atom. The van der Waals surface area contributed by atoms with Crippen LogP contribution in [0, 0.1) is 6.92 Å². The lowest BCUT2D eigenvalue weighted by Crippen LogP contribution is -2.07. The zero-order valence-electron chi connectivity index (χ0n) is 16.3. The fraction of sp³-hybridized carbons (Fsp3) is 0.125. The van der Waals surface area contributed by atoms with Crippen LogP contribution in [-0.2, 0) is 11.4 Å². The first-order valence-electron chi connectivity index (χ1n) is 9.14. The highest BCUT2D eigenvalue weighted by atomic mass is 35.5. The summed E-state index contributed by atoms with van der Waals surface area (Å²) in [6.07, 6.45) is 3.22. The lowest BCUT2D eigenvalue weighted by atomic mass is 10.1. The van der Waals surface area contributed by atoms with Gasteiger partial charge in [-0.05, 0) is 66.1 Å². The van der Waals surface area contributed by atoms with Gasteiger partial charge in [0, 0.05) is 16.8 Å². The maximum Gasteiger partial charge on any atom is 0.248 e. The van der Waals surface area contributed by atoms with E-state index < -0.39 is 0 Å². The van der Waals surface area contributed by atoms with Crippen molar-refractivity contribution in [2.24, 2.45) is 0 Å². The van der Waals surface area contributed by atoms with E-state index in [1.54, 1.807) is 13.2 Å². The summed E-state index contributed by atoms with van der Waals surface area (Å²) in [6.45, 7) is 2.38. The number of amides is 1. The first-order chi connectivity index (χ1) is 14.0. The minimum absolute atomic E-state index is 0.197. The third-order valence-corrected chi connectivity index (χ3v) is 4.46. The van der Waals surface area contributed by atoms with Crippen molar-refractivity contribution in [3.8, 4) is 11.5 Å². The smallest absolute Gasteiger partial charge is 0.248 e. The van der Waals surface area contributed by atoms with Crippen molar-refractivity contribution in [2.45, 2.75) is 13.5 Å². The summed E-state index contributed by atoms with van der Waals surface area (Å²) in [5.41, 5.74) is 3.70. The zero-order valence-corrected chi connectivity index (χ0v) is 17.1. The molecule has 1 N–H and O–H groups in total. The van der Waals surface area contributed by atoms with E-state index in [0.717, 1.165) is 22.4 Å². The number of carbonyl (C=O) groups is 1. The molecule has 0 aliphatic heterocycles. The molecule has 3 aromatic rings. The third kappa shape index (κ3) is 6.13. The molecule has 0 saturated heterocycles. The third-order valence-electron chi connectivity index (χ3n) is 4.21. The monoisotopic (exact) mass is 407 g/mol. The van der Waals surface area contributed by atoms with Crippen LogP contribution in [0.15, 0.2) is 72.8 Å². The van der Waals surface area contributed by atoms with E-state index in [2.05, 4.69) is 5.32 Å². The Morgan fingerprint density at radius 2 is 1.83 bits per heavy atom. The molecule has 0 unspecified atom stereocenters. The van der Waals surface area contributed by atoms with Gasteiger partial charge in [-0.3, -0.25) is 4.79 Å². The van der Waals surface area contributed by atoms with Crippen molar-refractivity contribution in [1.29, 1.82) is 0 Å². The summed E-state index contributed by atoms with van der Waals surface area (Å²) < 4.78 is 11.3. The summed E-state index contributed by atoms with van der Waals surface area (Å²) in [5, 5.41) is 3.53. The van der Waals surface area contributed by atoms with Crippen LogP contribution in [0.3, 0.4) is 0 Å². The number of nitrogens with one attached hydrogen (secondary N) is 1. The molecule has 0 atom stereocenters. The molecule has 0 aromatic heterocycles. The summed E-state index contributed by atoms with van der Waals surface area (Å²) in [5.74, 6) is 1.03. The minimum Gasteiger partial charge on any atom is -0.493 e. The topological polar surface area (TPSA) is 47.6 Å². The second-order valence-electron chi connectivity index (χ2n) is 6.52. The molecule has 0 bridgehead atoms. The number of carbonyl (C=O) groups excluding carboxylic acids is 1. The van der Waals surface area contributed by atoms with Crippen molar-refractivity contribution in [3.05, 3.63) is 94.5 Å². The van der Waals surface area contributed by atoms with Crippen LogP contribution < -0.4 is 14.8 Å². The van der Waals surface area contributed by atoms with Gasteiger partial charge in [0.05, 0.1) is 7.11 Å². The van der Waals surface area contributed by atoms with Crippen LogP contribution in [0.5, 0.6) is 11.5 Å². The number of methoxy groups -OCH3 is 1. The molecular formula is C24H22ClNO3. The number of hydrogen-bond acceptors (Lipinski definition) is 3. The molecule has 0 radical (unpaired) electrons. The van der Waals surface area contributed by atoms with Crippen molar-refractivity contribution in [2.75, 3.05) is 12.4 Å². The normalized spacial score (nSPS) is 10.7. The Bertz CT molecular complexity index is 1010. The molecule has 148 valence electrons. The maximum atomic E-state index is 12.1. The van der Waals surface area contributed by atoms with E-state index in [1.807, 2.05) is 73.7 Å². The first-order valence-corrected chi connectivity index (χ1v) is 9.52. The summed E-state index contributed by atoms with van der Waals surface area (Å²) in [6, 6.07) is 20.7. The lowest BCUT2D eigenvalue weighted by Gasteiger charge is -2.11. The van der Waals surface area contributed by atoms with Gasteiger partial charge in [-0.2, -0.15) is 0 Å². The predicted molar refractivity (Wildman–Crippen MR) is 118 cm³/mol. The van der Waals surface area contributed by atoms with Gasteiger partial charge in [-0.1, -0.05) is 41.9 Å². The number of ether oxygens (including phenoxy) is 2. The Kier molecular flexibility index (Phi) is 6.93. The molecule has 0 aliphatic carbocycles. The molecule has 3 rings (SSSR count). The minimum atomic E-state index is -0.197. The van der Waals surface area contributed by atoms with Gasteiger partial charge in [-0.25, -0.2) is 0 Å². The van der Waals surface area contributed by atoms with Gasteiger partial charge in [0.15, 0.2) is 11.5 Å². The molecule has 0 fully saturated rings. The van der Waals surface area contributed by atoms with E-state index >= 15 is 0 Å². The number of hydrogen-bond donors (Lipinski definition) is 1. The van der Waals surface area contributed by atoms with Crippen LogP contribution in [0.2, 0.25) is 5.02 Å². The molecule has 5 heteroatoms. The molecule has 1 amide bonds. The second-order valence-corrected chi connectivity index (χ2v) is 6.95. The van der Waals surface area contributed by atoms with Crippen LogP contribution in [-0.4, -0.2) is 13.0 Å². The van der Waals surface area contributed by atoms with E-state index in [9.17, 15) is 4.79 Å². The molecular weight excluding hydrogens is 386 g/mol. The van der Waals surface area contributed by atoms with Crippen LogP contribution in [0.4, 0.5) is 5.69 Å². The largest absolute Gasteiger partial charge is 0.493 e. The summed E-state index contributed by atoms with van der Waals surface area (Å²) in [7, 11) is 1.59. The Labute approximate surface area is 175 Å². The zero-order chi connectivity index (χ0) is 20.6. The fourth-order valence-electron chi connectivity index (χ4n) is 2.73. The molecule has 4 nitrogen and oxygen atoms in total. The van der Waals surface area contributed by atoms with E-state index in [-0.39, 0.29) is 5.91 Å². The molecule has 3 aromatic carbocycles. The summed E-state index contributed by atoms with van der Waals surface area (Å²) >= 11 is 5.90. The van der Waals surface area contributed by atoms with E-state index in [1.165, 1.54) is 6.08 Å². The highest BCUT2D eigenvalue weighted by Gasteiger charge is 2.06. The van der Waals surface area contributed by atoms with Gasteiger partial charge in [0.1, 0.15) is 6.61 Å². The van der Waals surface area contributed by atoms with Crippen molar-refractivity contribution >= 4 is 29.3 Å². The van der Waals surface area contributed by atoms with Crippen LogP contribution in [0.25, 0.3) is 6.08 Å². The fourth-order valence-corrected chi connectivity index (χ4v) is 2.85. The molecule has 0 heterocycles. The second kappa shape index (κ2) is 9.80. The Morgan fingerprint density at radius 3 is 2.55 bits per heavy atom. The molecule has 0 spiro atoms. The lowest BCUT2D eigenvalue weighted by molar-refractivity contribution is -0.111. The molecule has 29 heavy (non-hydrogen) atoms.